The summed E-state index contributed by atoms with van der Waals surface area (Å²) in [4.78, 5) is 0.346. The molecule has 1 heterocycles. The molecule has 1 aromatic rings. The summed E-state index contributed by atoms with van der Waals surface area (Å²) >= 11 is 3.31. The minimum absolute atomic E-state index is 0.0349. The van der Waals surface area contributed by atoms with Gasteiger partial charge in [0.05, 0.1) is 11.0 Å². The maximum Gasteiger partial charge on any atom is 0.243 e. The van der Waals surface area contributed by atoms with Gasteiger partial charge in [0.15, 0.2) is 0 Å². The van der Waals surface area contributed by atoms with E-state index in [1.165, 1.54) is 0 Å². The molecule has 1 fully saturated rings. The van der Waals surface area contributed by atoms with Crippen molar-refractivity contribution in [1.82, 2.24) is 4.31 Å². The number of hydrogen-bond donors (Lipinski definition) is 0. The average Bonchev–Trinajstić information content (AvgIpc) is 2.38. The van der Waals surface area contributed by atoms with Gasteiger partial charge in [0.2, 0.25) is 10.0 Å². The highest BCUT2D eigenvalue weighted by Crippen LogP contribution is 2.27. The van der Waals surface area contributed by atoms with Crippen LogP contribution >= 0.6 is 15.9 Å². The lowest BCUT2D eigenvalue weighted by molar-refractivity contribution is 0.0422. The van der Waals surface area contributed by atoms with Crippen LogP contribution in [0.25, 0.3) is 0 Å². The van der Waals surface area contributed by atoms with Crippen molar-refractivity contribution in [1.29, 1.82) is 0 Å². The van der Waals surface area contributed by atoms with Crippen LogP contribution in [-0.2, 0) is 14.8 Å². The Morgan fingerprint density at radius 2 is 1.95 bits per heavy atom. The molecule has 0 aliphatic carbocycles. The third-order valence-electron chi connectivity index (χ3n) is 3.52. The van der Waals surface area contributed by atoms with Gasteiger partial charge in [-0.05, 0) is 44.0 Å². The smallest absolute Gasteiger partial charge is 0.243 e. The fraction of sp³-hybridized carbons (Fsp3) is 0.538. The summed E-state index contributed by atoms with van der Waals surface area (Å²) < 4.78 is 32.9. The Kier molecular flexibility index (Phi) is 4.66. The summed E-state index contributed by atoms with van der Waals surface area (Å²) in [7, 11) is -1.73. The van der Waals surface area contributed by atoms with Gasteiger partial charge < -0.3 is 4.74 Å². The molecule has 0 amide bonds. The van der Waals surface area contributed by atoms with Crippen LogP contribution in [0.4, 0.5) is 0 Å². The van der Waals surface area contributed by atoms with Crippen LogP contribution in [0.3, 0.4) is 0 Å². The van der Waals surface area contributed by atoms with Crippen molar-refractivity contribution in [2.24, 2.45) is 0 Å². The number of piperidine rings is 1. The van der Waals surface area contributed by atoms with Crippen LogP contribution in [0, 0.1) is 0 Å². The molecule has 2 rings (SSSR count). The Balaban J connectivity index is 2.23. The minimum atomic E-state index is -3.40. The number of sulfonamides is 1. The van der Waals surface area contributed by atoms with Crippen LogP contribution < -0.4 is 0 Å². The lowest BCUT2D eigenvalue weighted by atomic mass is 10.0. The van der Waals surface area contributed by atoms with Gasteiger partial charge in [-0.25, -0.2) is 8.42 Å². The largest absolute Gasteiger partial charge is 0.381 e. The molecule has 19 heavy (non-hydrogen) atoms. The van der Waals surface area contributed by atoms with E-state index < -0.39 is 10.0 Å². The predicted octanol–water partition coefficient (Wildman–Crippen LogP) is 2.64. The zero-order valence-electron chi connectivity index (χ0n) is 11.0. The van der Waals surface area contributed by atoms with E-state index in [4.69, 9.17) is 4.74 Å². The van der Waals surface area contributed by atoms with E-state index in [0.717, 1.165) is 17.3 Å². The van der Waals surface area contributed by atoms with E-state index >= 15 is 0 Å². The first-order valence-electron chi connectivity index (χ1n) is 6.25. The van der Waals surface area contributed by atoms with Gasteiger partial charge in [0.1, 0.15) is 0 Å². The number of benzene rings is 1. The van der Waals surface area contributed by atoms with Gasteiger partial charge in [-0.2, -0.15) is 4.31 Å². The van der Waals surface area contributed by atoms with E-state index in [1.54, 1.807) is 35.7 Å². The SMILES string of the molecule is COC1CCN(S(=O)(=O)c2ccc(Br)cc2)C(C)C1. The number of methoxy groups -OCH3 is 1. The Hall–Kier alpha value is -0.430. The molecule has 1 saturated heterocycles. The van der Waals surface area contributed by atoms with Crippen molar-refractivity contribution in [2.75, 3.05) is 13.7 Å². The zero-order valence-corrected chi connectivity index (χ0v) is 13.4. The van der Waals surface area contributed by atoms with Gasteiger partial charge in [0.25, 0.3) is 0 Å². The summed E-state index contributed by atoms with van der Waals surface area (Å²) in [5.74, 6) is 0. The Morgan fingerprint density at radius 3 is 2.47 bits per heavy atom. The predicted molar refractivity (Wildman–Crippen MR) is 77.5 cm³/mol. The third kappa shape index (κ3) is 3.18. The molecular weight excluding hydrogens is 330 g/mol. The molecular formula is C13H18BrNO3S. The molecule has 0 aromatic heterocycles. The van der Waals surface area contributed by atoms with Crippen LogP contribution in [0.5, 0.6) is 0 Å². The summed E-state index contributed by atoms with van der Waals surface area (Å²) in [5, 5.41) is 0. The molecule has 0 radical (unpaired) electrons. The molecule has 0 bridgehead atoms. The van der Waals surface area contributed by atoms with Crippen molar-refractivity contribution < 1.29 is 13.2 Å². The van der Waals surface area contributed by atoms with Crippen molar-refractivity contribution in [3.63, 3.8) is 0 Å². The van der Waals surface area contributed by atoms with Crippen LogP contribution in [0.15, 0.2) is 33.6 Å². The monoisotopic (exact) mass is 347 g/mol. The highest BCUT2D eigenvalue weighted by Gasteiger charge is 2.34. The summed E-state index contributed by atoms with van der Waals surface area (Å²) in [6, 6.07) is 6.73. The molecule has 1 aromatic carbocycles. The molecule has 0 spiro atoms. The fourth-order valence-electron chi connectivity index (χ4n) is 2.42. The van der Waals surface area contributed by atoms with E-state index in [2.05, 4.69) is 15.9 Å². The van der Waals surface area contributed by atoms with Crippen LogP contribution in [0.1, 0.15) is 19.8 Å². The number of halogens is 1. The quantitative estimate of drug-likeness (QED) is 0.844. The molecule has 0 saturated carbocycles. The van der Waals surface area contributed by atoms with Gasteiger partial charge in [0, 0.05) is 24.2 Å². The number of hydrogen-bond acceptors (Lipinski definition) is 3. The second-order valence-electron chi connectivity index (χ2n) is 4.80. The highest BCUT2D eigenvalue weighted by molar-refractivity contribution is 9.10. The van der Waals surface area contributed by atoms with Crippen molar-refractivity contribution >= 4 is 26.0 Å². The highest BCUT2D eigenvalue weighted by atomic mass is 79.9. The van der Waals surface area contributed by atoms with E-state index in [9.17, 15) is 8.42 Å². The van der Waals surface area contributed by atoms with E-state index in [1.807, 2.05) is 6.92 Å². The topological polar surface area (TPSA) is 46.6 Å². The number of rotatable bonds is 3. The van der Waals surface area contributed by atoms with Gasteiger partial charge in [-0.1, -0.05) is 15.9 Å². The zero-order chi connectivity index (χ0) is 14.0. The Labute approximate surface area is 122 Å². The molecule has 2 unspecified atom stereocenters. The second kappa shape index (κ2) is 5.91. The van der Waals surface area contributed by atoms with Gasteiger partial charge in [-0.15, -0.1) is 0 Å². The number of ether oxygens (including phenoxy) is 1. The van der Waals surface area contributed by atoms with E-state index in [0.29, 0.717) is 11.4 Å². The first-order valence-corrected chi connectivity index (χ1v) is 8.48. The molecule has 106 valence electrons. The minimum Gasteiger partial charge on any atom is -0.381 e. The summed E-state index contributed by atoms with van der Waals surface area (Å²) in [6.45, 7) is 2.44. The maximum atomic E-state index is 12.6. The molecule has 2 atom stereocenters. The van der Waals surface area contributed by atoms with Crippen molar-refractivity contribution in [3.8, 4) is 0 Å². The molecule has 0 N–H and O–H groups in total. The van der Waals surface area contributed by atoms with Crippen LogP contribution in [0.2, 0.25) is 0 Å². The van der Waals surface area contributed by atoms with Crippen LogP contribution in [-0.4, -0.2) is 38.5 Å². The third-order valence-corrected chi connectivity index (χ3v) is 6.08. The van der Waals surface area contributed by atoms with E-state index in [-0.39, 0.29) is 12.1 Å². The average molecular weight is 348 g/mol. The first kappa shape index (κ1) is 15.0. The summed E-state index contributed by atoms with van der Waals surface area (Å²) in [5.41, 5.74) is 0. The van der Waals surface area contributed by atoms with Crippen molar-refractivity contribution in [3.05, 3.63) is 28.7 Å². The lowest BCUT2D eigenvalue weighted by Gasteiger charge is -2.36. The normalized spacial score (nSPS) is 25.4. The molecule has 4 nitrogen and oxygen atoms in total. The molecule has 1 aliphatic rings. The Bertz CT molecular complexity index is 529. The second-order valence-corrected chi connectivity index (χ2v) is 7.61. The van der Waals surface area contributed by atoms with Crippen molar-refractivity contribution in [2.45, 2.75) is 36.8 Å². The Morgan fingerprint density at radius 1 is 1.32 bits per heavy atom. The lowest BCUT2D eigenvalue weighted by Crippen LogP contribution is -2.46. The molecule has 6 heteroatoms. The maximum absolute atomic E-state index is 12.6. The fourth-order valence-corrected chi connectivity index (χ4v) is 4.34. The van der Waals surface area contributed by atoms with Gasteiger partial charge >= 0.3 is 0 Å². The molecule has 1 aliphatic heterocycles. The standard InChI is InChI=1S/C13H18BrNO3S/c1-10-9-12(18-2)7-8-15(10)19(16,17)13-5-3-11(14)4-6-13/h3-6,10,12H,7-9H2,1-2H3. The summed E-state index contributed by atoms with van der Waals surface area (Å²) in [6.07, 6.45) is 1.65. The van der Waals surface area contributed by atoms with Gasteiger partial charge in [-0.3, -0.25) is 0 Å². The number of nitrogens with zero attached hydrogens (tertiary/aromatic N) is 1. The first-order chi connectivity index (χ1) is 8.95.